The smallest absolute Gasteiger partial charge is 0.180 e. The van der Waals surface area contributed by atoms with Crippen LogP contribution >= 0.6 is 11.6 Å². The van der Waals surface area contributed by atoms with E-state index in [4.69, 9.17) is 21.1 Å². The monoisotopic (exact) mass is 396 g/mol. The first-order valence-corrected chi connectivity index (χ1v) is 9.76. The van der Waals surface area contributed by atoms with E-state index in [0.717, 1.165) is 17.7 Å². The second kappa shape index (κ2) is 10.1. The van der Waals surface area contributed by atoms with E-state index >= 15 is 0 Å². The Hall–Kier alpha value is -2.56. The predicted molar refractivity (Wildman–Crippen MR) is 113 cm³/mol. The maximum atomic E-state index is 6.52. The maximum absolute atomic E-state index is 6.52. The molecular weight excluding hydrogens is 372 g/mol. The summed E-state index contributed by atoms with van der Waals surface area (Å²) in [4.78, 5) is 4.03. The van der Waals surface area contributed by atoms with Crippen molar-refractivity contribution in [2.24, 2.45) is 0 Å². The van der Waals surface area contributed by atoms with E-state index in [2.05, 4.69) is 29.4 Å². The molecule has 1 heterocycles. The molecule has 28 heavy (non-hydrogen) atoms. The Labute approximate surface area is 171 Å². The fourth-order valence-corrected chi connectivity index (χ4v) is 3.22. The molecule has 5 heteroatoms. The highest BCUT2D eigenvalue weighted by Gasteiger charge is 2.13. The predicted octanol–water partition coefficient (Wildman–Crippen LogP) is 5.31. The first-order valence-electron chi connectivity index (χ1n) is 9.39. The minimum absolute atomic E-state index is 0.446. The Morgan fingerprint density at radius 2 is 1.71 bits per heavy atom. The number of aryl methyl sites for hydroxylation is 1. The molecule has 0 fully saturated rings. The summed E-state index contributed by atoms with van der Waals surface area (Å²) in [5, 5.41) is 3.97. The Morgan fingerprint density at radius 1 is 0.929 bits per heavy atom. The zero-order valence-electron chi connectivity index (χ0n) is 16.2. The summed E-state index contributed by atoms with van der Waals surface area (Å²) >= 11 is 6.52. The number of hydrogen-bond donors (Lipinski definition) is 1. The van der Waals surface area contributed by atoms with Crippen LogP contribution in [0.4, 0.5) is 0 Å². The molecule has 0 atom stereocenters. The molecule has 0 aliphatic heterocycles. The van der Waals surface area contributed by atoms with Crippen LogP contribution in [0.2, 0.25) is 5.02 Å². The lowest BCUT2D eigenvalue weighted by molar-refractivity contribution is 0.269. The largest absolute Gasteiger partial charge is 0.490 e. The molecule has 3 aromatic rings. The number of pyridine rings is 1. The van der Waals surface area contributed by atoms with Gasteiger partial charge in [0.25, 0.3) is 0 Å². The van der Waals surface area contributed by atoms with E-state index in [1.165, 1.54) is 11.1 Å². The van der Waals surface area contributed by atoms with E-state index in [-0.39, 0.29) is 0 Å². The number of ether oxygens (including phenoxy) is 2. The quantitative estimate of drug-likeness (QED) is 0.532. The standard InChI is InChI=1S/C23H25ClN2O2/c1-3-27-22-13-20(15-26-14-18-7-9-25-10-8-18)12-21(24)23(22)28-16-19-6-4-5-17(2)11-19/h4-13,26H,3,14-16H2,1-2H3. The van der Waals surface area contributed by atoms with Gasteiger partial charge in [0.05, 0.1) is 11.6 Å². The summed E-state index contributed by atoms with van der Waals surface area (Å²) in [5.41, 5.74) is 4.53. The van der Waals surface area contributed by atoms with Gasteiger partial charge in [-0.1, -0.05) is 41.4 Å². The van der Waals surface area contributed by atoms with E-state index in [0.29, 0.717) is 36.3 Å². The van der Waals surface area contributed by atoms with Crippen molar-refractivity contribution in [1.82, 2.24) is 10.3 Å². The van der Waals surface area contributed by atoms with Crippen molar-refractivity contribution < 1.29 is 9.47 Å². The molecule has 146 valence electrons. The van der Waals surface area contributed by atoms with Crippen molar-refractivity contribution >= 4 is 11.6 Å². The number of hydrogen-bond acceptors (Lipinski definition) is 4. The molecule has 2 aromatic carbocycles. The lowest BCUT2D eigenvalue weighted by Crippen LogP contribution is -2.13. The van der Waals surface area contributed by atoms with E-state index in [9.17, 15) is 0 Å². The third-order valence-electron chi connectivity index (χ3n) is 4.24. The average Bonchev–Trinajstić information content (AvgIpc) is 2.68. The molecule has 0 aliphatic rings. The third kappa shape index (κ3) is 5.72. The molecule has 0 saturated heterocycles. The lowest BCUT2D eigenvalue weighted by atomic mass is 10.1. The molecule has 0 radical (unpaired) electrons. The Morgan fingerprint density at radius 3 is 2.46 bits per heavy atom. The van der Waals surface area contributed by atoms with Gasteiger partial charge in [-0.2, -0.15) is 0 Å². The van der Waals surface area contributed by atoms with Gasteiger partial charge in [0.1, 0.15) is 6.61 Å². The molecular formula is C23H25ClN2O2. The molecule has 0 unspecified atom stereocenters. The van der Waals surface area contributed by atoms with Crippen molar-refractivity contribution in [3.63, 3.8) is 0 Å². The highest BCUT2D eigenvalue weighted by molar-refractivity contribution is 6.32. The number of nitrogens with zero attached hydrogens (tertiary/aromatic N) is 1. The minimum Gasteiger partial charge on any atom is -0.490 e. The van der Waals surface area contributed by atoms with E-state index in [1.54, 1.807) is 12.4 Å². The lowest BCUT2D eigenvalue weighted by Gasteiger charge is -2.16. The first-order chi connectivity index (χ1) is 13.7. The third-order valence-corrected chi connectivity index (χ3v) is 4.52. The van der Waals surface area contributed by atoms with Gasteiger partial charge in [-0.3, -0.25) is 4.98 Å². The van der Waals surface area contributed by atoms with Gasteiger partial charge in [0.2, 0.25) is 0 Å². The highest BCUT2D eigenvalue weighted by Crippen LogP contribution is 2.37. The number of aromatic nitrogens is 1. The topological polar surface area (TPSA) is 43.4 Å². The number of rotatable bonds is 9. The number of halogens is 1. The molecule has 0 bridgehead atoms. The molecule has 0 spiro atoms. The van der Waals surface area contributed by atoms with Crippen molar-refractivity contribution in [2.45, 2.75) is 33.5 Å². The zero-order valence-corrected chi connectivity index (χ0v) is 17.0. The van der Waals surface area contributed by atoms with Crippen LogP contribution in [0, 0.1) is 6.92 Å². The van der Waals surface area contributed by atoms with Gasteiger partial charge < -0.3 is 14.8 Å². The van der Waals surface area contributed by atoms with Crippen LogP contribution in [0.1, 0.15) is 29.2 Å². The minimum atomic E-state index is 0.446. The molecule has 0 saturated carbocycles. The second-order valence-corrected chi connectivity index (χ2v) is 6.98. The van der Waals surface area contributed by atoms with Crippen LogP contribution < -0.4 is 14.8 Å². The van der Waals surface area contributed by atoms with E-state index in [1.807, 2.05) is 43.3 Å². The first kappa shape index (κ1) is 20.2. The Kier molecular flexibility index (Phi) is 7.29. The van der Waals surface area contributed by atoms with E-state index < -0.39 is 0 Å². The Bertz CT molecular complexity index is 900. The van der Waals surface area contributed by atoms with Gasteiger partial charge in [-0.25, -0.2) is 0 Å². The maximum Gasteiger partial charge on any atom is 0.180 e. The van der Waals surface area contributed by atoms with Crippen molar-refractivity contribution in [1.29, 1.82) is 0 Å². The summed E-state index contributed by atoms with van der Waals surface area (Å²) in [6, 6.07) is 16.1. The van der Waals surface area contributed by atoms with Crippen LogP contribution in [0.5, 0.6) is 11.5 Å². The normalized spacial score (nSPS) is 10.7. The molecule has 0 aliphatic carbocycles. The van der Waals surface area contributed by atoms with Crippen molar-refractivity contribution in [3.8, 4) is 11.5 Å². The summed E-state index contributed by atoms with van der Waals surface area (Å²) in [6.07, 6.45) is 3.59. The summed E-state index contributed by atoms with van der Waals surface area (Å²) in [5.74, 6) is 1.26. The van der Waals surface area contributed by atoms with Gasteiger partial charge in [-0.15, -0.1) is 0 Å². The molecule has 0 amide bonds. The van der Waals surface area contributed by atoms with Gasteiger partial charge in [0, 0.05) is 25.5 Å². The summed E-state index contributed by atoms with van der Waals surface area (Å²) < 4.78 is 11.8. The fraction of sp³-hybridized carbons (Fsp3) is 0.261. The number of nitrogens with one attached hydrogen (secondary N) is 1. The van der Waals surface area contributed by atoms with Crippen LogP contribution in [0.3, 0.4) is 0 Å². The van der Waals surface area contributed by atoms with Gasteiger partial charge in [-0.05, 0) is 54.8 Å². The van der Waals surface area contributed by atoms with Crippen molar-refractivity contribution in [3.05, 3.63) is 88.2 Å². The van der Waals surface area contributed by atoms with Crippen LogP contribution in [0.15, 0.2) is 60.9 Å². The second-order valence-electron chi connectivity index (χ2n) is 6.57. The highest BCUT2D eigenvalue weighted by atomic mass is 35.5. The number of benzene rings is 2. The Balaban J connectivity index is 1.68. The average molecular weight is 397 g/mol. The molecule has 1 aromatic heterocycles. The molecule has 1 N–H and O–H groups in total. The van der Waals surface area contributed by atoms with Crippen LogP contribution in [-0.4, -0.2) is 11.6 Å². The molecule has 4 nitrogen and oxygen atoms in total. The van der Waals surface area contributed by atoms with Gasteiger partial charge in [0.15, 0.2) is 11.5 Å². The molecule has 3 rings (SSSR count). The SMILES string of the molecule is CCOc1cc(CNCc2ccncc2)cc(Cl)c1OCc1cccc(C)c1. The fourth-order valence-electron chi connectivity index (χ4n) is 2.94. The van der Waals surface area contributed by atoms with Crippen LogP contribution in [0.25, 0.3) is 0 Å². The van der Waals surface area contributed by atoms with Gasteiger partial charge >= 0.3 is 0 Å². The van der Waals surface area contributed by atoms with Crippen LogP contribution in [-0.2, 0) is 19.7 Å². The summed E-state index contributed by atoms with van der Waals surface area (Å²) in [7, 11) is 0. The zero-order chi connectivity index (χ0) is 19.8. The summed E-state index contributed by atoms with van der Waals surface area (Å²) in [6.45, 7) is 6.45. The van der Waals surface area contributed by atoms with Crippen molar-refractivity contribution in [2.75, 3.05) is 6.61 Å².